The minimum Gasteiger partial charge on any atom is -0.279 e. The second kappa shape index (κ2) is 7.94. The van der Waals surface area contributed by atoms with Crippen LogP contribution in [0.25, 0.3) is 17.4 Å². The van der Waals surface area contributed by atoms with E-state index in [1.807, 2.05) is 0 Å². The van der Waals surface area contributed by atoms with Crippen LogP contribution in [0.4, 0.5) is 26.3 Å². The van der Waals surface area contributed by atoms with Crippen molar-refractivity contribution in [3.05, 3.63) is 63.9 Å². The largest absolute Gasteiger partial charge is 0.452 e. The highest BCUT2D eigenvalue weighted by Gasteiger charge is 2.37. The Balaban J connectivity index is 0.000000176. The summed E-state index contributed by atoms with van der Waals surface area (Å²) in [5.74, 6) is -2.02. The first kappa shape index (κ1) is 22.7. The molecular formula is C18H13BrF6N6. The van der Waals surface area contributed by atoms with Crippen molar-refractivity contribution >= 4 is 33.3 Å². The van der Waals surface area contributed by atoms with Crippen molar-refractivity contribution in [1.82, 2.24) is 29.2 Å². The highest BCUT2D eigenvalue weighted by Crippen LogP contribution is 2.30. The van der Waals surface area contributed by atoms with Crippen molar-refractivity contribution in [2.75, 3.05) is 0 Å². The van der Waals surface area contributed by atoms with Crippen molar-refractivity contribution in [3.63, 3.8) is 0 Å². The maximum Gasteiger partial charge on any atom is 0.452 e. The van der Waals surface area contributed by atoms with Crippen LogP contribution in [-0.4, -0.2) is 29.2 Å². The van der Waals surface area contributed by atoms with Gasteiger partial charge in [0.2, 0.25) is 11.6 Å². The number of hydrogen-bond acceptors (Lipinski definition) is 4. The molecule has 0 bridgehead atoms. The Morgan fingerprint density at radius 1 is 0.806 bits per heavy atom. The van der Waals surface area contributed by atoms with Gasteiger partial charge in [0, 0.05) is 28.0 Å². The second-order valence-electron chi connectivity index (χ2n) is 6.32. The molecule has 0 fully saturated rings. The molecule has 4 rings (SSSR count). The van der Waals surface area contributed by atoms with Crippen molar-refractivity contribution in [2.24, 2.45) is 0 Å². The van der Waals surface area contributed by atoms with E-state index in [2.05, 4.69) is 42.9 Å². The lowest BCUT2D eigenvalue weighted by molar-refractivity contribution is -0.146. The van der Waals surface area contributed by atoms with Gasteiger partial charge in [-0.1, -0.05) is 28.6 Å². The fraction of sp³-hybridized carbons (Fsp3) is 0.222. The fourth-order valence-electron chi connectivity index (χ4n) is 2.76. The van der Waals surface area contributed by atoms with Gasteiger partial charge in [-0.15, -0.1) is 20.4 Å². The highest BCUT2D eigenvalue weighted by atomic mass is 79.9. The van der Waals surface area contributed by atoms with Crippen molar-refractivity contribution in [3.8, 4) is 0 Å². The lowest BCUT2D eigenvalue weighted by atomic mass is 10.1. The van der Waals surface area contributed by atoms with Crippen LogP contribution in [0.3, 0.4) is 0 Å². The standard InChI is InChI=1S/C10H8F3N3.C8H5BrF3N3/c1-3-7-4-5-16-8(6(7)2)14-15-9(16)10(11,12)13;1-4-5(9)2-3-15-6(4)13-14-7(15)8(10,11)12/h3-5H,1H2,2H3;2-3H,1H3. The van der Waals surface area contributed by atoms with Crippen LogP contribution in [0, 0.1) is 13.8 Å². The van der Waals surface area contributed by atoms with E-state index >= 15 is 0 Å². The molecule has 13 heteroatoms. The molecule has 0 unspecified atom stereocenters. The third-order valence-corrected chi connectivity index (χ3v) is 5.21. The van der Waals surface area contributed by atoms with E-state index in [0.717, 1.165) is 14.4 Å². The summed E-state index contributed by atoms with van der Waals surface area (Å²) in [6.07, 6.45) is -4.84. The monoisotopic (exact) mass is 506 g/mol. The van der Waals surface area contributed by atoms with E-state index in [4.69, 9.17) is 0 Å². The van der Waals surface area contributed by atoms with Crippen LogP contribution in [-0.2, 0) is 12.4 Å². The van der Waals surface area contributed by atoms with Gasteiger partial charge >= 0.3 is 12.4 Å². The Labute approximate surface area is 179 Å². The SMILES string of the molecule is C=Cc1ccn2c(C(F)(F)F)nnc2c1C.Cc1c(Br)ccn2c(C(F)(F)F)nnc12. The number of alkyl halides is 6. The first-order valence-corrected chi connectivity index (χ1v) is 9.26. The number of hydrogen-bond donors (Lipinski definition) is 0. The summed E-state index contributed by atoms with van der Waals surface area (Å²) in [6, 6.07) is 3.08. The zero-order chi connectivity index (χ0) is 23.1. The van der Waals surface area contributed by atoms with E-state index in [1.54, 1.807) is 26.0 Å². The van der Waals surface area contributed by atoms with Gasteiger partial charge in [0.25, 0.3) is 0 Å². The predicted molar refractivity (Wildman–Crippen MR) is 103 cm³/mol. The lowest BCUT2D eigenvalue weighted by Gasteiger charge is -2.05. The van der Waals surface area contributed by atoms with Gasteiger partial charge in [-0.2, -0.15) is 26.3 Å². The first-order valence-electron chi connectivity index (χ1n) is 8.47. The van der Waals surface area contributed by atoms with E-state index in [9.17, 15) is 26.3 Å². The van der Waals surface area contributed by atoms with Gasteiger partial charge in [-0.3, -0.25) is 8.80 Å². The van der Waals surface area contributed by atoms with Crippen LogP contribution < -0.4 is 0 Å². The molecule has 31 heavy (non-hydrogen) atoms. The van der Waals surface area contributed by atoms with Crippen LogP contribution >= 0.6 is 15.9 Å². The number of aromatic nitrogens is 6. The van der Waals surface area contributed by atoms with Crippen molar-refractivity contribution in [2.45, 2.75) is 26.2 Å². The van der Waals surface area contributed by atoms with Gasteiger partial charge < -0.3 is 0 Å². The molecule has 4 aromatic heterocycles. The van der Waals surface area contributed by atoms with E-state index in [-0.39, 0.29) is 11.3 Å². The summed E-state index contributed by atoms with van der Waals surface area (Å²) < 4.78 is 77.5. The molecule has 0 aliphatic heterocycles. The van der Waals surface area contributed by atoms with Crippen LogP contribution in [0.1, 0.15) is 28.3 Å². The molecule has 0 aromatic carbocycles. The summed E-state index contributed by atoms with van der Waals surface area (Å²) in [6.45, 7) is 6.93. The fourth-order valence-corrected chi connectivity index (χ4v) is 3.06. The molecule has 0 aliphatic rings. The quantitative estimate of drug-likeness (QED) is 0.319. The zero-order valence-electron chi connectivity index (χ0n) is 15.9. The second-order valence-corrected chi connectivity index (χ2v) is 7.17. The molecular weight excluding hydrogens is 494 g/mol. The number of aryl methyl sites for hydroxylation is 2. The number of nitrogens with zero attached hydrogens (tertiary/aromatic N) is 6. The van der Waals surface area contributed by atoms with Gasteiger partial charge in [-0.05, 0) is 31.5 Å². The maximum atomic E-state index is 12.5. The number of fused-ring (bicyclic) bond motifs is 2. The summed E-state index contributed by atoms with van der Waals surface area (Å²) in [5, 5.41) is 13.3. The summed E-state index contributed by atoms with van der Waals surface area (Å²) >= 11 is 3.21. The number of pyridine rings is 2. The topological polar surface area (TPSA) is 60.4 Å². The Bertz CT molecular complexity index is 1270. The molecule has 164 valence electrons. The number of rotatable bonds is 1. The van der Waals surface area contributed by atoms with Crippen molar-refractivity contribution in [1.29, 1.82) is 0 Å². The van der Waals surface area contributed by atoms with Gasteiger partial charge in [0.1, 0.15) is 0 Å². The molecule has 0 spiro atoms. The molecule has 0 atom stereocenters. The average molecular weight is 507 g/mol. The smallest absolute Gasteiger partial charge is 0.279 e. The molecule has 0 saturated carbocycles. The van der Waals surface area contributed by atoms with Crippen LogP contribution in [0.2, 0.25) is 0 Å². The third kappa shape index (κ3) is 4.27. The summed E-state index contributed by atoms with van der Waals surface area (Å²) in [7, 11) is 0. The van der Waals surface area contributed by atoms with E-state index < -0.39 is 24.0 Å². The normalized spacial score (nSPS) is 12.2. The minimum absolute atomic E-state index is 0.199. The molecule has 0 aliphatic carbocycles. The zero-order valence-corrected chi connectivity index (χ0v) is 17.5. The summed E-state index contributed by atoms with van der Waals surface area (Å²) in [4.78, 5) is 0. The molecule has 0 radical (unpaired) electrons. The average Bonchev–Trinajstić information content (AvgIpc) is 3.30. The highest BCUT2D eigenvalue weighted by molar-refractivity contribution is 9.10. The first-order chi connectivity index (χ1) is 14.4. The van der Waals surface area contributed by atoms with E-state index in [0.29, 0.717) is 15.6 Å². The molecule has 0 amide bonds. The van der Waals surface area contributed by atoms with E-state index in [1.165, 1.54) is 18.5 Å². The van der Waals surface area contributed by atoms with Crippen molar-refractivity contribution < 1.29 is 26.3 Å². The molecule has 0 N–H and O–H groups in total. The minimum atomic E-state index is -4.50. The number of halogens is 7. The molecule has 6 nitrogen and oxygen atoms in total. The van der Waals surface area contributed by atoms with Gasteiger partial charge in [0.15, 0.2) is 11.3 Å². The van der Waals surface area contributed by atoms with Gasteiger partial charge in [0.05, 0.1) is 0 Å². The van der Waals surface area contributed by atoms with Gasteiger partial charge in [-0.25, -0.2) is 0 Å². The molecule has 4 aromatic rings. The van der Waals surface area contributed by atoms with Crippen LogP contribution in [0.15, 0.2) is 35.6 Å². The molecule has 0 saturated heterocycles. The Kier molecular flexibility index (Phi) is 5.82. The Morgan fingerprint density at radius 3 is 1.71 bits per heavy atom. The Morgan fingerprint density at radius 2 is 1.26 bits per heavy atom. The Hall–Kier alpha value is -2.96. The molecule has 4 heterocycles. The predicted octanol–water partition coefficient (Wildman–Crippen LogP) is 5.52. The lowest BCUT2D eigenvalue weighted by Crippen LogP contribution is -2.10. The summed E-state index contributed by atoms with van der Waals surface area (Å²) in [5.41, 5.74) is 2.40. The van der Waals surface area contributed by atoms with Crippen LogP contribution in [0.5, 0.6) is 0 Å². The maximum absolute atomic E-state index is 12.5. The third-order valence-electron chi connectivity index (χ3n) is 4.35.